The first-order chi connectivity index (χ1) is 15.8. The Morgan fingerprint density at radius 1 is 1.00 bits per heavy atom. The molecule has 2 atom stereocenters. The molecule has 0 bridgehead atoms. The number of nitrogens with zero attached hydrogens (tertiary/aromatic N) is 2. The highest BCUT2D eigenvalue weighted by molar-refractivity contribution is 6.00. The molecule has 2 N–H and O–H groups in total. The third-order valence-electron chi connectivity index (χ3n) is 5.64. The van der Waals surface area contributed by atoms with Crippen molar-refractivity contribution in [2.45, 2.75) is 52.5 Å². The minimum Gasteiger partial charge on any atom is -0.347 e. The topological polar surface area (TPSA) is 105 Å². The van der Waals surface area contributed by atoms with Gasteiger partial charge in [0.25, 0.3) is 5.56 Å². The Bertz CT molecular complexity index is 1140. The van der Waals surface area contributed by atoms with Gasteiger partial charge in [-0.05, 0) is 51.2 Å². The summed E-state index contributed by atoms with van der Waals surface area (Å²) in [5.41, 5.74) is 3.05. The molecule has 1 heterocycles. The van der Waals surface area contributed by atoms with Crippen LogP contribution in [0.1, 0.15) is 60.9 Å². The maximum absolute atomic E-state index is 12.8. The van der Waals surface area contributed by atoms with Gasteiger partial charge >= 0.3 is 0 Å². The van der Waals surface area contributed by atoms with Crippen molar-refractivity contribution in [1.82, 2.24) is 20.5 Å². The summed E-state index contributed by atoms with van der Waals surface area (Å²) in [6.45, 7) is 5.10. The van der Waals surface area contributed by atoms with Gasteiger partial charge in [0.05, 0.1) is 12.0 Å². The van der Waals surface area contributed by atoms with Gasteiger partial charge in [-0.2, -0.15) is 0 Å². The lowest BCUT2D eigenvalue weighted by molar-refractivity contribution is -0.133. The second-order valence-electron chi connectivity index (χ2n) is 8.42. The molecule has 2 aromatic carbocycles. The van der Waals surface area contributed by atoms with E-state index in [1.807, 2.05) is 61.5 Å². The lowest BCUT2D eigenvalue weighted by atomic mass is 9.95. The number of amides is 1. The first-order valence-corrected chi connectivity index (χ1v) is 11.2. The van der Waals surface area contributed by atoms with E-state index in [0.717, 1.165) is 17.5 Å². The molecule has 2 unspecified atom stereocenters. The predicted octanol–water partition coefficient (Wildman–Crippen LogP) is 3.47. The normalized spacial score (nSPS) is 12.7. The molecule has 172 valence electrons. The fourth-order valence-electron chi connectivity index (χ4n) is 3.70. The van der Waals surface area contributed by atoms with Crippen LogP contribution in [-0.4, -0.2) is 26.9 Å². The number of rotatable bonds is 10. The minimum atomic E-state index is -0.760. The average molecular weight is 447 g/mol. The van der Waals surface area contributed by atoms with Crippen molar-refractivity contribution in [3.63, 3.8) is 0 Å². The number of H-pyrrole nitrogens is 1. The number of Topliss-reactive ketones (excluding diaryl/α,β-unsaturated/α-hetero) is 1. The molecule has 0 radical (unpaired) electrons. The summed E-state index contributed by atoms with van der Waals surface area (Å²) in [4.78, 5) is 40.2. The smallest absolute Gasteiger partial charge is 0.275 e. The van der Waals surface area contributed by atoms with Crippen LogP contribution in [-0.2, 0) is 22.4 Å². The van der Waals surface area contributed by atoms with Crippen LogP contribution in [0.3, 0.4) is 0 Å². The Labute approximate surface area is 193 Å². The van der Waals surface area contributed by atoms with E-state index in [0.29, 0.717) is 25.1 Å². The molecule has 0 spiro atoms. The molecule has 0 saturated carbocycles. The van der Waals surface area contributed by atoms with Crippen molar-refractivity contribution in [2.24, 2.45) is 5.92 Å². The van der Waals surface area contributed by atoms with Crippen LogP contribution in [0.25, 0.3) is 0 Å². The molecule has 0 fully saturated rings. The summed E-state index contributed by atoms with van der Waals surface area (Å²) in [5.74, 6) is -0.896. The fraction of sp³-hybridized carbons (Fsp3) is 0.346. The summed E-state index contributed by atoms with van der Waals surface area (Å²) in [6, 6.07) is 17.2. The van der Waals surface area contributed by atoms with E-state index < -0.39 is 23.4 Å². The SMILES string of the molecule is CC(=O)C(CCCc1ccccc1)C(=O)NC(C)c1nnc(Cc2ccc(C)cc2)[nH]c1=O. The van der Waals surface area contributed by atoms with E-state index in [2.05, 4.69) is 20.5 Å². The van der Waals surface area contributed by atoms with Crippen LogP contribution in [0.4, 0.5) is 0 Å². The van der Waals surface area contributed by atoms with Crippen molar-refractivity contribution in [1.29, 1.82) is 0 Å². The number of hydrogen-bond donors (Lipinski definition) is 2. The number of aromatic nitrogens is 3. The van der Waals surface area contributed by atoms with E-state index in [-0.39, 0.29) is 11.5 Å². The second kappa shape index (κ2) is 11.3. The van der Waals surface area contributed by atoms with Gasteiger partial charge in [0, 0.05) is 6.42 Å². The summed E-state index contributed by atoms with van der Waals surface area (Å²) >= 11 is 0. The summed E-state index contributed by atoms with van der Waals surface area (Å²) in [7, 11) is 0. The van der Waals surface area contributed by atoms with Crippen molar-refractivity contribution < 1.29 is 9.59 Å². The zero-order valence-corrected chi connectivity index (χ0v) is 19.3. The molecule has 0 aliphatic rings. The standard InChI is InChI=1S/C26H30N4O3/c1-17-12-14-21(15-13-17)16-23-28-26(33)24(30-29-23)18(2)27-25(32)22(19(3)31)11-7-10-20-8-5-4-6-9-20/h4-6,8-9,12-15,18,22H,7,10-11,16H2,1-3H3,(H,27,32)(H,28,29,33). The molecule has 3 aromatic rings. The van der Waals surface area contributed by atoms with E-state index in [4.69, 9.17) is 0 Å². The molecule has 3 rings (SSSR count). The van der Waals surface area contributed by atoms with Gasteiger partial charge < -0.3 is 10.3 Å². The van der Waals surface area contributed by atoms with Gasteiger partial charge in [-0.25, -0.2) is 0 Å². The number of aromatic amines is 1. The number of benzene rings is 2. The van der Waals surface area contributed by atoms with Gasteiger partial charge in [0.15, 0.2) is 0 Å². The summed E-state index contributed by atoms with van der Waals surface area (Å²) in [6.07, 6.45) is 2.41. The molecule has 1 amide bonds. The summed E-state index contributed by atoms with van der Waals surface area (Å²) < 4.78 is 0. The lowest BCUT2D eigenvalue weighted by Crippen LogP contribution is -2.38. The van der Waals surface area contributed by atoms with E-state index in [1.54, 1.807) is 6.92 Å². The van der Waals surface area contributed by atoms with Crippen LogP contribution < -0.4 is 10.9 Å². The quantitative estimate of drug-likeness (QED) is 0.464. The van der Waals surface area contributed by atoms with Gasteiger partial charge in [-0.3, -0.25) is 14.4 Å². The number of carbonyl (C=O) groups is 2. The number of carbonyl (C=O) groups excluding carboxylic acids is 2. The molecule has 7 heteroatoms. The first kappa shape index (κ1) is 24.0. The van der Waals surface area contributed by atoms with Crippen molar-refractivity contribution in [3.05, 3.63) is 93.2 Å². The Kier molecular flexibility index (Phi) is 8.24. The Hall–Kier alpha value is -3.61. The zero-order valence-electron chi connectivity index (χ0n) is 19.3. The summed E-state index contributed by atoms with van der Waals surface area (Å²) in [5, 5.41) is 10.9. The van der Waals surface area contributed by atoms with Crippen molar-refractivity contribution in [3.8, 4) is 0 Å². The molecule has 0 aliphatic carbocycles. The number of hydrogen-bond acceptors (Lipinski definition) is 5. The third-order valence-corrected chi connectivity index (χ3v) is 5.64. The van der Waals surface area contributed by atoms with Crippen molar-refractivity contribution in [2.75, 3.05) is 0 Å². The van der Waals surface area contributed by atoms with Gasteiger partial charge in [0.2, 0.25) is 5.91 Å². The number of aryl methyl sites for hydroxylation is 2. The van der Waals surface area contributed by atoms with Gasteiger partial charge in [0.1, 0.15) is 17.3 Å². The molecule has 0 aliphatic heterocycles. The van der Waals surface area contributed by atoms with Gasteiger partial charge in [-0.1, -0.05) is 60.2 Å². The molecule has 1 aromatic heterocycles. The number of ketones is 1. The fourth-order valence-corrected chi connectivity index (χ4v) is 3.70. The second-order valence-corrected chi connectivity index (χ2v) is 8.42. The van der Waals surface area contributed by atoms with E-state index in [9.17, 15) is 14.4 Å². The highest BCUT2D eigenvalue weighted by atomic mass is 16.2. The van der Waals surface area contributed by atoms with Crippen LogP contribution >= 0.6 is 0 Å². The monoisotopic (exact) mass is 446 g/mol. The minimum absolute atomic E-state index is 0.114. The van der Waals surface area contributed by atoms with Gasteiger partial charge in [-0.15, -0.1) is 10.2 Å². The molecule has 0 saturated heterocycles. The Morgan fingerprint density at radius 2 is 1.70 bits per heavy atom. The van der Waals surface area contributed by atoms with Crippen LogP contribution in [0, 0.1) is 12.8 Å². The number of nitrogens with one attached hydrogen (secondary N) is 2. The van der Waals surface area contributed by atoms with E-state index in [1.165, 1.54) is 12.5 Å². The molecular formula is C26H30N4O3. The van der Waals surface area contributed by atoms with Crippen LogP contribution in [0.15, 0.2) is 59.4 Å². The average Bonchev–Trinajstić information content (AvgIpc) is 2.78. The predicted molar refractivity (Wildman–Crippen MR) is 127 cm³/mol. The van der Waals surface area contributed by atoms with E-state index >= 15 is 0 Å². The Morgan fingerprint density at radius 3 is 2.33 bits per heavy atom. The molecule has 33 heavy (non-hydrogen) atoms. The third kappa shape index (κ3) is 6.94. The molecular weight excluding hydrogens is 416 g/mol. The largest absolute Gasteiger partial charge is 0.347 e. The maximum atomic E-state index is 12.8. The molecule has 7 nitrogen and oxygen atoms in total. The lowest BCUT2D eigenvalue weighted by Gasteiger charge is -2.18. The zero-order chi connectivity index (χ0) is 23.8. The van der Waals surface area contributed by atoms with Crippen LogP contribution in [0.5, 0.6) is 0 Å². The first-order valence-electron chi connectivity index (χ1n) is 11.2. The highest BCUT2D eigenvalue weighted by Gasteiger charge is 2.25. The van der Waals surface area contributed by atoms with Crippen LogP contribution in [0.2, 0.25) is 0 Å². The maximum Gasteiger partial charge on any atom is 0.275 e. The highest BCUT2D eigenvalue weighted by Crippen LogP contribution is 2.15. The van der Waals surface area contributed by atoms with Crippen molar-refractivity contribution >= 4 is 11.7 Å². The Balaban J connectivity index is 1.60.